The Kier molecular flexibility index (Phi) is 4.19. The van der Waals surface area contributed by atoms with Gasteiger partial charge in [-0.05, 0) is 25.3 Å². The molecule has 2 atom stereocenters. The van der Waals surface area contributed by atoms with Crippen LogP contribution in [0.2, 0.25) is 0 Å². The molecule has 1 aliphatic heterocycles. The molecule has 2 fully saturated rings. The number of likely N-dealkylation sites (tertiary alicyclic amines) is 1. The topological polar surface area (TPSA) is 71.3 Å². The lowest BCUT2D eigenvalue weighted by atomic mass is 9.62. The number of nitrogens with zero attached hydrogens (tertiary/aromatic N) is 3. The van der Waals surface area contributed by atoms with Gasteiger partial charge in [-0.15, -0.1) is 0 Å². The zero-order valence-electron chi connectivity index (χ0n) is 14.6. The van der Waals surface area contributed by atoms with Crippen molar-refractivity contribution in [3.05, 3.63) is 47.6 Å². The van der Waals surface area contributed by atoms with Crippen molar-refractivity contribution in [2.75, 3.05) is 13.1 Å². The van der Waals surface area contributed by atoms with Crippen LogP contribution in [0.1, 0.15) is 43.0 Å². The van der Waals surface area contributed by atoms with E-state index in [1.165, 1.54) is 24.8 Å². The molecule has 1 aliphatic carbocycles. The predicted octanol–water partition coefficient (Wildman–Crippen LogP) is 3.03. The molecule has 2 heterocycles. The molecular weight excluding hydrogens is 316 g/mol. The zero-order valence-corrected chi connectivity index (χ0v) is 14.6. The van der Waals surface area contributed by atoms with Crippen LogP contribution in [0, 0.1) is 12.8 Å². The summed E-state index contributed by atoms with van der Waals surface area (Å²) >= 11 is 0. The fourth-order valence-electron chi connectivity index (χ4n) is 4.44. The lowest BCUT2D eigenvalue weighted by Gasteiger charge is -2.61. The molecule has 0 bridgehead atoms. The highest BCUT2D eigenvalue weighted by atomic mass is 16.5. The lowest BCUT2D eigenvalue weighted by molar-refractivity contribution is -0.0792. The van der Waals surface area contributed by atoms with Crippen LogP contribution < -0.4 is 5.32 Å². The molecule has 4 rings (SSSR count). The monoisotopic (exact) mass is 340 g/mol. The van der Waals surface area contributed by atoms with E-state index in [1.54, 1.807) is 6.92 Å². The third-order valence-electron chi connectivity index (χ3n) is 5.62. The average molecular weight is 340 g/mol. The molecule has 1 aromatic heterocycles. The van der Waals surface area contributed by atoms with E-state index < -0.39 is 0 Å². The van der Waals surface area contributed by atoms with E-state index in [0.717, 1.165) is 13.0 Å². The first-order chi connectivity index (χ1) is 12.2. The fraction of sp³-hybridized carbons (Fsp3) is 0.526. The Morgan fingerprint density at radius 3 is 2.92 bits per heavy atom. The van der Waals surface area contributed by atoms with Crippen molar-refractivity contribution in [2.24, 2.45) is 5.92 Å². The molecule has 132 valence electrons. The molecule has 25 heavy (non-hydrogen) atoms. The molecule has 6 nitrogen and oxygen atoms in total. The van der Waals surface area contributed by atoms with Crippen molar-refractivity contribution in [1.29, 1.82) is 0 Å². The van der Waals surface area contributed by atoms with Crippen LogP contribution in [0.4, 0.5) is 4.79 Å². The smallest absolute Gasteiger partial charge is 0.318 e. The number of carbonyl (C=O) groups is 1. The number of amides is 2. The van der Waals surface area contributed by atoms with E-state index in [0.29, 0.717) is 30.6 Å². The first-order valence-electron chi connectivity index (χ1n) is 9.10. The van der Waals surface area contributed by atoms with E-state index in [-0.39, 0.29) is 11.6 Å². The third-order valence-corrected chi connectivity index (χ3v) is 5.62. The first kappa shape index (κ1) is 16.1. The van der Waals surface area contributed by atoms with Gasteiger partial charge in [0.1, 0.15) is 0 Å². The molecule has 2 aromatic rings. The number of nitrogens with one attached hydrogen (secondary N) is 1. The SMILES string of the molecule is Cc1noc(CCNC(=O)N2C[C@@H]3CCCC[C@]32c2ccccc2)n1. The van der Waals surface area contributed by atoms with Gasteiger partial charge in [-0.25, -0.2) is 4.79 Å². The molecule has 1 aromatic carbocycles. The number of hydrogen-bond acceptors (Lipinski definition) is 4. The highest BCUT2D eigenvalue weighted by Crippen LogP contribution is 2.53. The summed E-state index contributed by atoms with van der Waals surface area (Å²) in [4.78, 5) is 19.0. The van der Waals surface area contributed by atoms with E-state index in [2.05, 4.69) is 39.7 Å². The second kappa shape index (κ2) is 6.50. The Bertz CT molecular complexity index is 745. The summed E-state index contributed by atoms with van der Waals surface area (Å²) in [6.07, 6.45) is 5.27. The quantitative estimate of drug-likeness (QED) is 0.929. The van der Waals surface area contributed by atoms with Gasteiger partial charge < -0.3 is 14.7 Å². The molecule has 0 unspecified atom stereocenters. The second-order valence-electron chi connectivity index (χ2n) is 7.06. The molecule has 0 spiro atoms. The van der Waals surface area contributed by atoms with Crippen LogP contribution in [0.3, 0.4) is 0 Å². The van der Waals surface area contributed by atoms with E-state index in [9.17, 15) is 4.79 Å². The lowest BCUT2D eigenvalue weighted by Crippen LogP contribution is -2.69. The predicted molar refractivity (Wildman–Crippen MR) is 92.9 cm³/mol. The number of hydrogen-bond donors (Lipinski definition) is 1. The first-order valence-corrected chi connectivity index (χ1v) is 9.10. The normalized spacial score (nSPS) is 25.2. The van der Waals surface area contributed by atoms with Gasteiger partial charge >= 0.3 is 6.03 Å². The largest absolute Gasteiger partial charge is 0.339 e. The summed E-state index contributed by atoms with van der Waals surface area (Å²) in [5.41, 5.74) is 1.15. The van der Waals surface area contributed by atoms with Crippen LogP contribution >= 0.6 is 0 Å². The molecule has 2 amide bonds. The molecule has 0 radical (unpaired) electrons. The van der Waals surface area contributed by atoms with Gasteiger partial charge in [0.05, 0.1) is 5.54 Å². The van der Waals surface area contributed by atoms with Crippen molar-refractivity contribution in [3.63, 3.8) is 0 Å². The Labute approximate surface area is 147 Å². The van der Waals surface area contributed by atoms with Gasteiger partial charge in [0, 0.05) is 25.4 Å². The number of benzene rings is 1. The van der Waals surface area contributed by atoms with Gasteiger partial charge in [0.15, 0.2) is 5.82 Å². The van der Waals surface area contributed by atoms with E-state index in [4.69, 9.17) is 4.52 Å². The minimum Gasteiger partial charge on any atom is -0.339 e. The Balaban J connectivity index is 1.44. The van der Waals surface area contributed by atoms with Gasteiger partial charge in [-0.2, -0.15) is 4.98 Å². The highest BCUT2D eigenvalue weighted by Gasteiger charge is 2.56. The minimum atomic E-state index is -0.120. The van der Waals surface area contributed by atoms with Crippen molar-refractivity contribution < 1.29 is 9.32 Å². The Hall–Kier alpha value is -2.37. The summed E-state index contributed by atoms with van der Waals surface area (Å²) in [5.74, 6) is 1.76. The summed E-state index contributed by atoms with van der Waals surface area (Å²) in [6.45, 7) is 3.14. The van der Waals surface area contributed by atoms with Gasteiger partial charge in [0.25, 0.3) is 0 Å². The van der Waals surface area contributed by atoms with Crippen molar-refractivity contribution in [2.45, 2.75) is 44.6 Å². The third kappa shape index (κ3) is 2.79. The van der Waals surface area contributed by atoms with Gasteiger partial charge in [-0.1, -0.05) is 48.3 Å². The number of carbonyl (C=O) groups excluding carboxylic acids is 1. The summed E-state index contributed by atoms with van der Waals surface area (Å²) in [7, 11) is 0. The minimum absolute atomic E-state index is 0.0123. The Morgan fingerprint density at radius 2 is 2.20 bits per heavy atom. The van der Waals surface area contributed by atoms with Crippen LogP contribution in [-0.4, -0.2) is 34.2 Å². The maximum atomic E-state index is 12.8. The van der Waals surface area contributed by atoms with E-state index >= 15 is 0 Å². The standard InChI is InChI=1S/C19H24N4O2/c1-14-21-17(25-22-14)10-12-20-18(24)23-13-16-9-5-6-11-19(16,23)15-7-3-2-4-8-15/h2-4,7-8,16H,5-6,9-13H2,1H3,(H,20,24)/t16-,19-/m0/s1. The molecule has 1 saturated heterocycles. The number of urea groups is 1. The fourth-order valence-corrected chi connectivity index (χ4v) is 4.44. The van der Waals surface area contributed by atoms with Gasteiger partial charge in [-0.3, -0.25) is 0 Å². The summed E-state index contributed by atoms with van der Waals surface area (Å²) in [5, 5.41) is 6.80. The van der Waals surface area contributed by atoms with Crippen molar-refractivity contribution in [3.8, 4) is 0 Å². The number of aromatic nitrogens is 2. The molecule has 2 aliphatic rings. The Morgan fingerprint density at radius 1 is 1.36 bits per heavy atom. The summed E-state index contributed by atoms with van der Waals surface area (Å²) < 4.78 is 5.10. The average Bonchev–Trinajstić information content (AvgIpc) is 3.02. The van der Waals surface area contributed by atoms with E-state index in [1.807, 2.05) is 11.0 Å². The van der Waals surface area contributed by atoms with Crippen LogP contribution in [0.15, 0.2) is 34.9 Å². The zero-order chi connectivity index (χ0) is 17.3. The van der Waals surface area contributed by atoms with Crippen molar-refractivity contribution >= 4 is 6.03 Å². The van der Waals surface area contributed by atoms with Crippen LogP contribution in [0.25, 0.3) is 0 Å². The van der Waals surface area contributed by atoms with Crippen LogP contribution in [-0.2, 0) is 12.0 Å². The van der Waals surface area contributed by atoms with Crippen LogP contribution in [0.5, 0.6) is 0 Å². The molecule has 1 N–H and O–H groups in total. The van der Waals surface area contributed by atoms with Crippen molar-refractivity contribution in [1.82, 2.24) is 20.4 Å². The maximum Gasteiger partial charge on any atom is 0.318 e. The van der Waals surface area contributed by atoms with Gasteiger partial charge in [0.2, 0.25) is 5.89 Å². The number of rotatable bonds is 4. The highest BCUT2D eigenvalue weighted by molar-refractivity contribution is 5.77. The second-order valence-corrected chi connectivity index (χ2v) is 7.06. The number of fused-ring (bicyclic) bond motifs is 1. The maximum absolute atomic E-state index is 12.8. The molecular formula is C19H24N4O2. The summed E-state index contributed by atoms with van der Waals surface area (Å²) in [6, 6.07) is 10.5. The molecule has 6 heteroatoms. The molecule has 1 saturated carbocycles. The number of aryl methyl sites for hydroxylation is 1.